The number of nitrogens with zero attached hydrogens (tertiary/aromatic N) is 2. The minimum Gasteiger partial charge on any atom is -0.440 e. The van der Waals surface area contributed by atoms with E-state index >= 15 is 0 Å². The monoisotopic (exact) mass is 461 g/mol. The van der Waals surface area contributed by atoms with Gasteiger partial charge in [-0.05, 0) is 56.1 Å². The van der Waals surface area contributed by atoms with Gasteiger partial charge < -0.3 is 14.4 Å². The topological polar surface area (TPSA) is 67.5 Å². The van der Waals surface area contributed by atoms with Crippen molar-refractivity contribution in [3.63, 3.8) is 0 Å². The van der Waals surface area contributed by atoms with Crippen molar-refractivity contribution >= 4 is 6.09 Å². The Hall–Kier alpha value is -2.48. The van der Waals surface area contributed by atoms with Gasteiger partial charge in [-0.25, -0.2) is 13.6 Å². The number of piperidine rings is 1. The molecule has 2 aromatic rings. The van der Waals surface area contributed by atoms with Gasteiger partial charge >= 0.3 is 6.09 Å². The fourth-order valence-corrected chi connectivity index (χ4v) is 5.16. The van der Waals surface area contributed by atoms with Gasteiger partial charge in [-0.15, -0.1) is 0 Å². The minimum absolute atomic E-state index is 0.00339. The van der Waals surface area contributed by atoms with Crippen LogP contribution in [0.2, 0.25) is 0 Å². The van der Waals surface area contributed by atoms with Crippen molar-refractivity contribution < 1.29 is 23.0 Å². The highest BCUT2D eigenvalue weighted by Gasteiger charge is 2.38. The van der Waals surface area contributed by atoms with Crippen LogP contribution in [-0.2, 0) is 9.47 Å². The van der Waals surface area contributed by atoms with E-state index in [1.54, 1.807) is 11.1 Å². The molecule has 1 aromatic carbocycles. The number of halogens is 2. The Bertz CT molecular complexity index is 840. The van der Waals surface area contributed by atoms with Crippen LogP contribution in [0.25, 0.3) is 0 Å². The molecule has 180 valence electrons. The molecule has 1 N–H and O–H groups in total. The Morgan fingerprint density at radius 1 is 1.09 bits per heavy atom. The van der Waals surface area contributed by atoms with E-state index in [0.717, 1.165) is 44.2 Å². The number of hydrogen-bond acceptors (Lipinski definition) is 4. The third-order valence-electron chi connectivity index (χ3n) is 6.99. The number of carbonyl (C=O) groups excluding carboxylic acids is 1. The standard InChI is InChI=1S/C25H33F2N3O3/c26-15-21(16-27)33-25(31)30-14-4-7-22(23-12-13-28-29-23)24(30)17-32-20-10-8-19(9-11-20)18-5-2-1-3-6-18/h1-3,5-6,12-13,19-22,24H,4,7-11,14-17H2,(H,28,29)/t19?,20?,22-,24+/m1/s1. The first-order valence-corrected chi connectivity index (χ1v) is 11.9. The van der Waals surface area contributed by atoms with E-state index in [1.165, 1.54) is 5.56 Å². The number of aromatic amines is 1. The number of amides is 1. The number of ether oxygens (including phenoxy) is 2. The molecular formula is C25H33F2N3O3. The summed E-state index contributed by atoms with van der Waals surface area (Å²) in [5.41, 5.74) is 2.31. The van der Waals surface area contributed by atoms with E-state index in [0.29, 0.717) is 19.1 Å². The van der Waals surface area contributed by atoms with Crippen LogP contribution in [0, 0.1) is 0 Å². The van der Waals surface area contributed by atoms with Crippen LogP contribution in [0.4, 0.5) is 13.6 Å². The van der Waals surface area contributed by atoms with Gasteiger partial charge in [0.05, 0.1) is 18.8 Å². The molecule has 33 heavy (non-hydrogen) atoms. The fraction of sp³-hybridized carbons (Fsp3) is 0.600. The summed E-state index contributed by atoms with van der Waals surface area (Å²) in [7, 11) is 0. The van der Waals surface area contributed by atoms with Crippen LogP contribution in [0.15, 0.2) is 42.6 Å². The molecule has 2 heterocycles. The molecule has 1 saturated carbocycles. The minimum atomic E-state index is -1.36. The van der Waals surface area contributed by atoms with Gasteiger partial charge in [0.2, 0.25) is 0 Å². The highest BCUT2D eigenvalue weighted by atomic mass is 19.1. The van der Waals surface area contributed by atoms with Gasteiger partial charge in [0.25, 0.3) is 0 Å². The van der Waals surface area contributed by atoms with Gasteiger partial charge in [0.15, 0.2) is 6.10 Å². The number of rotatable bonds is 8. The molecule has 1 amide bonds. The Morgan fingerprint density at radius 2 is 1.85 bits per heavy atom. The first kappa shape index (κ1) is 23.7. The molecule has 1 aliphatic carbocycles. The summed E-state index contributed by atoms with van der Waals surface area (Å²) in [5.74, 6) is 0.562. The third-order valence-corrected chi connectivity index (χ3v) is 6.99. The number of likely N-dealkylation sites (tertiary alicyclic amines) is 1. The van der Waals surface area contributed by atoms with Crippen molar-refractivity contribution in [2.45, 2.75) is 68.6 Å². The summed E-state index contributed by atoms with van der Waals surface area (Å²) in [6.45, 7) is -1.24. The lowest BCUT2D eigenvalue weighted by molar-refractivity contribution is -0.0341. The van der Waals surface area contributed by atoms with Crippen LogP contribution in [0.3, 0.4) is 0 Å². The molecule has 2 fully saturated rings. The van der Waals surface area contributed by atoms with E-state index in [1.807, 2.05) is 12.1 Å². The van der Waals surface area contributed by atoms with Gasteiger partial charge in [0, 0.05) is 24.4 Å². The largest absolute Gasteiger partial charge is 0.440 e. The zero-order chi connectivity index (χ0) is 23.0. The van der Waals surface area contributed by atoms with Crippen molar-refractivity contribution in [2.24, 2.45) is 0 Å². The van der Waals surface area contributed by atoms with E-state index in [9.17, 15) is 13.6 Å². The van der Waals surface area contributed by atoms with Crippen molar-refractivity contribution in [3.8, 4) is 0 Å². The molecule has 0 bridgehead atoms. The van der Waals surface area contributed by atoms with Crippen LogP contribution < -0.4 is 0 Å². The van der Waals surface area contributed by atoms with E-state index in [-0.39, 0.29) is 18.1 Å². The smallest absolute Gasteiger partial charge is 0.410 e. The summed E-state index contributed by atoms with van der Waals surface area (Å²) < 4.78 is 37.3. The Kier molecular flexibility index (Phi) is 8.31. The number of hydrogen-bond donors (Lipinski definition) is 1. The Labute approximate surface area is 193 Å². The average molecular weight is 462 g/mol. The molecule has 1 aromatic heterocycles. The van der Waals surface area contributed by atoms with Crippen LogP contribution in [0.5, 0.6) is 0 Å². The van der Waals surface area contributed by atoms with Crippen LogP contribution >= 0.6 is 0 Å². The molecule has 2 aliphatic rings. The molecule has 0 unspecified atom stereocenters. The number of aromatic nitrogens is 2. The lowest BCUT2D eigenvalue weighted by Crippen LogP contribution is -2.51. The summed E-state index contributed by atoms with van der Waals surface area (Å²) in [4.78, 5) is 14.4. The maximum Gasteiger partial charge on any atom is 0.410 e. The number of benzene rings is 1. The molecule has 0 radical (unpaired) electrons. The number of H-pyrrole nitrogens is 1. The van der Waals surface area contributed by atoms with E-state index in [4.69, 9.17) is 9.47 Å². The zero-order valence-electron chi connectivity index (χ0n) is 18.9. The van der Waals surface area contributed by atoms with Gasteiger partial charge in [-0.3, -0.25) is 5.10 Å². The lowest BCUT2D eigenvalue weighted by atomic mass is 9.82. The van der Waals surface area contributed by atoms with Crippen LogP contribution in [-0.4, -0.2) is 65.9 Å². The Morgan fingerprint density at radius 3 is 2.52 bits per heavy atom. The van der Waals surface area contributed by atoms with Gasteiger partial charge in [-0.1, -0.05) is 30.3 Å². The maximum atomic E-state index is 13.0. The summed E-state index contributed by atoms with van der Waals surface area (Å²) in [6, 6.07) is 12.2. The number of nitrogens with one attached hydrogen (secondary N) is 1. The van der Waals surface area contributed by atoms with Crippen molar-refractivity contribution in [2.75, 3.05) is 26.5 Å². The molecule has 4 rings (SSSR count). The SMILES string of the molecule is O=C(OC(CF)CF)N1CCC[C@H](c2ccn[nH]2)[C@@H]1COC1CCC(c2ccccc2)CC1. The predicted octanol–water partition coefficient (Wildman–Crippen LogP) is 5.14. The number of alkyl halides is 2. The second-order valence-corrected chi connectivity index (χ2v) is 9.05. The molecule has 6 nitrogen and oxygen atoms in total. The molecule has 2 atom stereocenters. The summed E-state index contributed by atoms with van der Waals surface area (Å²) >= 11 is 0. The molecule has 1 aliphatic heterocycles. The fourth-order valence-electron chi connectivity index (χ4n) is 5.16. The second kappa shape index (κ2) is 11.6. The zero-order valence-corrected chi connectivity index (χ0v) is 18.9. The highest BCUT2D eigenvalue weighted by molar-refractivity contribution is 5.68. The summed E-state index contributed by atoms with van der Waals surface area (Å²) in [6.07, 6.45) is 5.51. The maximum absolute atomic E-state index is 13.0. The third kappa shape index (κ3) is 5.91. The molecule has 0 spiro atoms. The van der Waals surface area contributed by atoms with Crippen molar-refractivity contribution in [1.82, 2.24) is 15.1 Å². The van der Waals surface area contributed by atoms with Gasteiger partial charge in [0.1, 0.15) is 13.3 Å². The quantitative estimate of drug-likeness (QED) is 0.591. The number of carbonyl (C=O) groups is 1. The highest BCUT2D eigenvalue weighted by Crippen LogP contribution is 2.36. The first-order chi connectivity index (χ1) is 16.2. The molecule has 8 heteroatoms. The van der Waals surface area contributed by atoms with E-state index in [2.05, 4.69) is 34.5 Å². The lowest BCUT2D eigenvalue weighted by Gasteiger charge is -2.41. The van der Waals surface area contributed by atoms with Crippen molar-refractivity contribution in [1.29, 1.82) is 0 Å². The molecule has 1 saturated heterocycles. The first-order valence-electron chi connectivity index (χ1n) is 11.9. The normalized spacial score (nSPS) is 25.8. The summed E-state index contributed by atoms with van der Waals surface area (Å²) in [5, 5.41) is 7.08. The average Bonchev–Trinajstić information content (AvgIpc) is 3.41. The van der Waals surface area contributed by atoms with Crippen molar-refractivity contribution in [3.05, 3.63) is 53.9 Å². The second-order valence-electron chi connectivity index (χ2n) is 9.05. The molecular weight excluding hydrogens is 428 g/mol. The van der Waals surface area contributed by atoms with Crippen LogP contribution in [0.1, 0.15) is 61.6 Å². The van der Waals surface area contributed by atoms with E-state index < -0.39 is 25.5 Å². The Balaban J connectivity index is 1.39. The predicted molar refractivity (Wildman–Crippen MR) is 121 cm³/mol. The van der Waals surface area contributed by atoms with Gasteiger partial charge in [-0.2, -0.15) is 5.10 Å².